The normalized spacial score (nSPS) is 11.5. The second kappa shape index (κ2) is 4.50. The van der Waals surface area contributed by atoms with Crippen molar-refractivity contribution in [1.29, 1.82) is 0 Å². The number of aromatic nitrogens is 1. The summed E-state index contributed by atoms with van der Waals surface area (Å²) < 4.78 is 0. The molecule has 12 heavy (non-hydrogen) atoms. The Morgan fingerprint density at radius 2 is 2.17 bits per heavy atom. The highest BCUT2D eigenvalue weighted by Gasteiger charge is 1.85. The Balaban J connectivity index is 2.76. The highest BCUT2D eigenvalue weighted by Crippen LogP contribution is 2.02. The van der Waals surface area contributed by atoms with Crippen LogP contribution in [0.15, 0.2) is 36.6 Å². The van der Waals surface area contributed by atoms with Gasteiger partial charge in [0.1, 0.15) is 0 Å². The number of pyridine rings is 1. The van der Waals surface area contributed by atoms with Gasteiger partial charge in [0.05, 0.1) is 0 Å². The van der Waals surface area contributed by atoms with E-state index in [2.05, 4.69) is 17.1 Å². The third kappa shape index (κ3) is 2.70. The van der Waals surface area contributed by atoms with Crippen molar-refractivity contribution in [3.8, 4) is 0 Å². The van der Waals surface area contributed by atoms with Crippen LogP contribution in [0.3, 0.4) is 0 Å². The molecule has 0 aliphatic rings. The van der Waals surface area contributed by atoms with E-state index in [1.165, 1.54) is 5.56 Å². The lowest BCUT2D eigenvalue weighted by Gasteiger charge is -1.92. The van der Waals surface area contributed by atoms with Crippen LogP contribution in [0.2, 0.25) is 0 Å². The van der Waals surface area contributed by atoms with Crippen LogP contribution in [0, 0.1) is 6.92 Å². The summed E-state index contributed by atoms with van der Waals surface area (Å²) in [5.74, 6) is 0. The maximum atomic E-state index is 4.12. The summed E-state index contributed by atoms with van der Waals surface area (Å²) >= 11 is 0. The SMILES string of the molecule is C/C=C\C=C/c1ccnc(C)c1. The minimum Gasteiger partial charge on any atom is -0.262 e. The zero-order valence-corrected chi connectivity index (χ0v) is 7.49. The molecule has 0 saturated heterocycles. The summed E-state index contributed by atoms with van der Waals surface area (Å²) in [6.45, 7) is 4.00. The fourth-order valence-electron chi connectivity index (χ4n) is 0.949. The van der Waals surface area contributed by atoms with Gasteiger partial charge in [0.15, 0.2) is 0 Å². The summed E-state index contributed by atoms with van der Waals surface area (Å²) in [5.41, 5.74) is 2.25. The molecule has 0 aromatic carbocycles. The van der Waals surface area contributed by atoms with Crippen LogP contribution in [0.1, 0.15) is 18.2 Å². The van der Waals surface area contributed by atoms with Crippen LogP contribution in [-0.4, -0.2) is 4.98 Å². The molecule has 0 radical (unpaired) electrons. The van der Waals surface area contributed by atoms with E-state index in [1.807, 2.05) is 44.3 Å². The zero-order valence-electron chi connectivity index (χ0n) is 7.49. The van der Waals surface area contributed by atoms with Crippen LogP contribution >= 0.6 is 0 Å². The van der Waals surface area contributed by atoms with Crippen molar-refractivity contribution in [1.82, 2.24) is 4.98 Å². The zero-order chi connectivity index (χ0) is 8.81. The number of aryl methyl sites for hydroxylation is 1. The van der Waals surface area contributed by atoms with Crippen molar-refractivity contribution >= 4 is 6.08 Å². The van der Waals surface area contributed by atoms with Gasteiger partial charge >= 0.3 is 0 Å². The van der Waals surface area contributed by atoms with Crippen molar-refractivity contribution in [2.75, 3.05) is 0 Å². The molecule has 0 unspecified atom stereocenters. The van der Waals surface area contributed by atoms with E-state index in [4.69, 9.17) is 0 Å². The molecule has 0 spiro atoms. The number of hydrogen-bond donors (Lipinski definition) is 0. The fraction of sp³-hybridized carbons (Fsp3) is 0.182. The van der Waals surface area contributed by atoms with Crippen LogP contribution in [0.25, 0.3) is 6.08 Å². The number of rotatable bonds is 2. The second-order valence-electron chi connectivity index (χ2n) is 2.62. The van der Waals surface area contributed by atoms with Crippen LogP contribution in [0.4, 0.5) is 0 Å². The number of hydrogen-bond acceptors (Lipinski definition) is 1. The first-order chi connectivity index (χ1) is 5.83. The summed E-state index contributed by atoms with van der Waals surface area (Å²) in [5, 5.41) is 0. The summed E-state index contributed by atoms with van der Waals surface area (Å²) in [4.78, 5) is 4.12. The van der Waals surface area contributed by atoms with Gasteiger partial charge in [0.25, 0.3) is 0 Å². The molecule has 0 amide bonds. The van der Waals surface area contributed by atoms with Gasteiger partial charge in [-0.15, -0.1) is 0 Å². The Bertz CT molecular complexity index is 298. The minimum atomic E-state index is 1.05. The molecule has 0 aliphatic heterocycles. The van der Waals surface area contributed by atoms with Gasteiger partial charge in [-0.3, -0.25) is 4.98 Å². The van der Waals surface area contributed by atoms with E-state index < -0.39 is 0 Å². The van der Waals surface area contributed by atoms with E-state index in [0.717, 1.165) is 5.69 Å². The van der Waals surface area contributed by atoms with Crippen molar-refractivity contribution in [3.05, 3.63) is 47.8 Å². The molecule has 62 valence electrons. The Hall–Kier alpha value is -1.37. The molecular formula is C11H13N. The van der Waals surface area contributed by atoms with Gasteiger partial charge < -0.3 is 0 Å². The molecule has 1 aromatic heterocycles. The lowest BCUT2D eigenvalue weighted by Crippen LogP contribution is -1.79. The van der Waals surface area contributed by atoms with E-state index in [1.54, 1.807) is 0 Å². The highest BCUT2D eigenvalue weighted by molar-refractivity contribution is 5.50. The number of nitrogens with zero attached hydrogens (tertiary/aromatic N) is 1. The molecule has 0 atom stereocenters. The fourth-order valence-corrected chi connectivity index (χ4v) is 0.949. The van der Waals surface area contributed by atoms with Crippen LogP contribution < -0.4 is 0 Å². The highest BCUT2D eigenvalue weighted by atomic mass is 14.6. The predicted molar refractivity (Wildman–Crippen MR) is 52.8 cm³/mol. The lowest BCUT2D eigenvalue weighted by molar-refractivity contribution is 1.20. The monoisotopic (exact) mass is 159 g/mol. The Kier molecular flexibility index (Phi) is 3.27. The molecule has 0 aliphatic carbocycles. The maximum Gasteiger partial charge on any atom is 0.0378 e. The van der Waals surface area contributed by atoms with Crippen LogP contribution in [0.5, 0.6) is 0 Å². The Morgan fingerprint density at radius 3 is 2.83 bits per heavy atom. The smallest absolute Gasteiger partial charge is 0.0378 e. The third-order valence-electron chi connectivity index (χ3n) is 1.51. The standard InChI is InChI=1S/C11H13N/c1-3-4-5-6-11-7-8-12-10(2)9-11/h3-9H,1-2H3/b4-3-,6-5-. The average Bonchev–Trinajstić information content (AvgIpc) is 2.05. The van der Waals surface area contributed by atoms with Gasteiger partial charge in [-0.1, -0.05) is 24.3 Å². The van der Waals surface area contributed by atoms with Gasteiger partial charge in [0.2, 0.25) is 0 Å². The summed E-state index contributed by atoms with van der Waals surface area (Å²) in [7, 11) is 0. The molecule has 1 nitrogen and oxygen atoms in total. The van der Waals surface area contributed by atoms with E-state index in [0.29, 0.717) is 0 Å². The van der Waals surface area contributed by atoms with Crippen molar-refractivity contribution in [2.45, 2.75) is 13.8 Å². The van der Waals surface area contributed by atoms with E-state index >= 15 is 0 Å². The van der Waals surface area contributed by atoms with E-state index in [9.17, 15) is 0 Å². The lowest BCUT2D eigenvalue weighted by atomic mass is 10.2. The second-order valence-corrected chi connectivity index (χ2v) is 2.62. The molecule has 0 N–H and O–H groups in total. The molecule has 0 bridgehead atoms. The van der Waals surface area contributed by atoms with Crippen molar-refractivity contribution < 1.29 is 0 Å². The first kappa shape index (κ1) is 8.72. The van der Waals surface area contributed by atoms with Gasteiger partial charge in [-0.25, -0.2) is 0 Å². The van der Waals surface area contributed by atoms with Gasteiger partial charge in [-0.2, -0.15) is 0 Å². The topological polar surface area (TPSA) is 12.9 Å². The Labute approximate surface area is 73.5 Å². The molecule has 1 heteroatoms. The molecule has 0 saturated carbocycles. The molecule has 1 rings (SSSR count). The number of allylic oxidation sites excluding steroid dienone is 3. The predicted octanol–water partition coefficient (Wildman–Crippen LogP) is 2.98. The van der Waals surface area contributed by atoms with Crippen molar-refractivity contribution in [2.24, 2.45) is 0 Å². The quantitative estimate of drug-likeness (QED) is 0.604. The third-order valence-corrected chi connectivity index (χ3v) is 1.51. The largest absolute Gasteiger partial charge is 0.262 e. The van der Waals surface area contributed by atoms with Gasteiger partial charge in [-0.05, 0) is 31.5 Å². The molecule has 1 aromatic rings. The summed E-state index contributed by atoms with van der Waals surface area (Å²) in [6, 6.07) is 4.05. The van der Waals surface area contributed by atoms with Crippen LogP contribution in [-0.2, 0) is 0 Å². The molecule has 0 fully saturated rings. The Morgan fingerprint density at radius 1 is 1.33 bits per heavy atom. The van der Waals surface area contributed by atoms with Crippen molar-refractivity contribution in [3.63, 3.8) is 0 Å². The first-order valence-electron chi connectivity index (χ1n) is 4.05. The van der Waals surface area contributed by atoms with E-state index in [-0.39, 0.29) is 0 Å². The summed E-state index contributed by atoms with van der Waals surface area (Å²) in [6.07, 6.45) is 9.93. The van der Waals surface area contributed by atoms with Gasteiger partial charge in [0, 0.05) is 11.9 Å². The maximum absolute atomic E-state index is 4.12. The minimum absolute atomic E-state index is 1.05. The first-order valence-corrected chi connectivity index (χ1v) is 4.05. The molecule has 1 heterocycles. The molecular weight excluding hydrogens is 146 g/mol. The average molecular weight is 159 g/mol.